The van der Waals surface area contributed by atoms with E-state index in [0.717, 1.165) is 34.4 Å². The van der Waals surface area contributed by atoms with Gasteiger partial charge in [-0.1, -0.05) is 37.5 Å². The van der Waals surface area contributed by atoms with E-state index in [1.54, 1.807) is 4.68 Å². The van der Waals surface area contributed by atoms with Crippen LogP contribution in [0.1, 0.15) is 67.0 Å². The molecule has 0 amide bonds. The van der Waals surface area contributed by atoms with Gasteiger partial charge in [-0.2, -0.15) is 0 Å². The van der Waals surface area contributed by atoms with E-state index in [1.807, 2.05) is 19.9 Å². The van der Waals surface area contributed by atoms with Crippen LogP contribution in [0.2, 0.25) is 0 Å². The molecule has 0 bridgehead atoms. The summed E-state index contributed by atoms with van der Waals surface area (Å²) in [6.45, 7) is 7.60. The Balaban J connectivity index is 2.05. The van der Waals surface area contributed by atoms with Gasteiger partial charge in [0.2, 0.25) is 0 Å². The van der Waals surface area contributed by atoms with Crippen molar-refractivity contribution in [1.82, 2.24) is 20.0 Å². The molecular formula is C21H26N4O. The zero-order valence-corrected chi connectivity index (χ0v) is 16.0. The van der Waals surface area contributed by atoms with Crippen molar-refractivity contribution in [3.8, 4) is 5.69 Å². The summed E-state index contributed by atoms with van der Waals surface area (Å²) >= 11 is 0. The van der Waals surface area contributed by atoms with E-state index in [2.05, 4.69) is 40.4 Å². The lowest BCUT2D eigenvalue weighted by molar-refractivity contribution is 0.101. The molecule has 0 aliphatic rings. The Morgan fingerprint density at radius 2 is 1.92 bits per heavy atom. The predicted molar refractivity (Wildman–Crippen MR) is 104 cm³/mol. The number of ketones is 1. The van der Waals surface area contributed by atoms with Crippen molar-refractivity contribution < 1.29 is 4.79 Å². The molecule has 0 atom stereocenters. The first kappa shape index (κ1) is 18.2. The van der Waals surface area contributed by atoms with Gasteiger partial charge in [-0.25, -0.2) is 4.68 Å². The summed E-state index contributed by atoms with van der Waals surface area (Å²) in [5.41, 5.74) is 5.28. The van der Waals surface area contributed by atoms with Gasteiger partial charge in [0.1, 0.15) is 0 Å². The molecule has 0 fully saturated rings. The Hall–Kier alpha value is -2.56. The molecule has 26 heavy (non-hydrogen) atoms. The van der Waals surface area contributed by atoms with Crippen LogP contribution in [0.3, 0.4) is 0 Å². The third-order valence-corrected chi connectivity index (χ3v) is 4.75. The number of rotatable bonds is 7. The number of fused-ring (bicyclic) bond motifs is 1. The monoisotopic (exact) mass is 350 g/mol. The number of benzene rings is 1. The average Bonchev–Trinajstić information content (AvgIpc) is 2.99. The zero-order valence-electron chi connectivity index (χ0n) is 16.0. The van der Waals surface area contributed by atoms with Gasteiger partial charge in [0.25, 0.3) is 0 Å². The van der Waals surface area contributed by atoms with Gasteiger partial charge in [0, 0.05) is 18.0 Å². The Morgan fingerprint density at radius 3 is 2.62 bits per heavy atom. The summed E-state index contributed by atoms with van der Waals surface area (Å²) in [6.07, 6.45) is 6.06. The van der Waals surface area contributed by atoms with Crippen molar-refractivity contribution in [1.29, 1.82) is 0 Å². The fourth-order valence-corrected chi connectivity index (χ4v) is 3.35. The van der Waals surface area contributed by atoms with Crippen LogP contribution in [0.4, 0.5) is 0 Å². The van der Waals surface area contributed by atoms with E-state index in [4.69, 9.17) is 0 Å². The standard InChI is InChI=1S/C21H26N4O/c1-5-6-7-8-9-17-10-11-19-18(13-17)20(12-14(2)22-19)25-15(3)21(16(4)26)23-24-25/h10-13H,5-9H2,1-4H3. The third kappa shape index (κ3) is 3.66. The van der Waals surface area contributed by atoms with Gasteiger partial charge in [-0.3, -0.25) is 9.78 Å². The van der Waals surface area contributed by atoms with Crippen molar-refractivity contribution in [2.75, 3.05) is 0 Å². The summed E-state index contributed by atoms with van der Waals surface area (Å²) < 4.78 is 1.76. The number of hydrogen-bond donors (Lipinski definition) is 0. The van der Waals surface area contributed by atoms with Crippen molar-refractivity contribution in [2.45, 2.75) is 59.8 Å². The Kier molecular flexibility index (Phi) is 5.45. The Labute approximate surface area is 154 Å². The van der Waals surface area contributed by atoms with Crippen molar-refractivity contribution in [2.24, 2.45) is 0 Å². The van der Waals surface area contributed by atoms with Crippen LogP contribution in [0, 0.1) is 13.8 Å². The molecule has 0 unspecified atom stereocenters. The molecule has 5 heteroatoms. The molecule has 0 N–H and O–H groups in total. The number of pyridine rings is 1. The number of nitrogens with zero attached hydrogens (tertiary/aromatic N) is 4. The molecule has 0 saturated heterocycles. The molecule has 136 valence electrons. The highest BCUT2D eigenvalue weighted by molar-refractivity contribution is 5.93. The van der Waals surface area contributed by atoms with Gasteiger partial charge in [-0.05, 0) is 50.5 Å². The zero-order chi connectivity index (χ0) is 18.7. The van der Waals surface area contributed by atoms with Gasteiger partial charge < -0.3 is 0 Å². The Bertz CT molecular complexity index is 943. The highest BCUT2D eigenvalue weighted by Crippen LogP contribution is 2.25. The van der Waals surface area contributed by atoms with Crippen LogP contribution in [-0.4, -0.2) is 25.8 Å². The third-order valence-electron chi connectivity index (χ3n) is 4.75. The minimum atomic E-state index is -0.0690. The maximum Gasteiger partial charge on any atom is 0.181 e. The minimum Gasteiger partial charge on any atom is -0.293 e. The summed E-state index contributed by atoms with van der Waals surface area (Å²) in [6, 6.07) is 8.46. The van der Waals surface area contributed by atoms with E-state index in [0.29, 0.717) is 5.69 Å². The quantitative estimate of drug-likeness (QED) is 0.455. The summed E-state index contributed by atoms with van der Waals surface area (Å²) in [5, 5.41) is 9.34. The van der Waals surface area contributed by atoms with Gasteiger partial charge >= 0.3 is 0 Å². The van der Waals surface area contributed by atoms with Crippen LogP contribution in [-0.2, 0) is 6.42 Å². The second-order valence-electron chi connectivity index (χ2n) is 6.94. The highest BCUT2D eigenvalue weighted by atomic mass is 16.1. The molecule has 1 aromatic carbocycles. The fourth-order valence-electron chi connectivity index (χ4n) is 3.35. The van der Waals surface area contributed by atoms with Crippen molar-refractivity contribution in [3.63, 3.8) is 0 Å². The van der Waals surface area contributed by atoms with Crippen molar-refractivity contribution in [3.05, 3.63) is 46.9 Å². The molecule has 0 saturated carbocycles. The number of carbonyl (C=O) groups excluding carboxylic acids is 1. The number of unbranched alkanes of at least 4 members (excludes halogenated alkanes) is 3. The molecule has 5 nitrogen and oxygen atoms in total. The molecule has 0 radical (unpaired) electrons. The fraction of sp³-hybridized carbons (Fsp3) is 0.429. The summed E-state index contributed by atoms with van der Waals surface area (Å²) in [7, 11) is 0. The molecule has 3 aromatic rings. The molecule has 0 spiro atoms. The lowest BCUT2D eigenvalue weighted by Crippen LogP contribution is -2.04. The van der Waals surface area contributed by atoms with Crippen molar-refractivity contribution >= 4 is 16.7 Å². The molecule has 2 heterocycles. The smallest absolute Gasteiger partial charge is 0.181 e. The molecular weight excluding hydrogens is 324 g/mol. The van der Waals surface area contributed by atoms with E-state index in [-0.39, 0.29) is 5.78 Å². The lowest BCUT2D eigenvalue weighted by Gasteiger charge is -2.11. The predicted octanol–water partition coefficient (Wildman–Crippen LogP) is 4.76. The van der Waals surface area contributed by atoms with E-state index in [9.17, 15) is 4.79 Å². The number of aryl methyl sites for hydroxylation is 2. The maximum atomic E-state index is 11.7. The first-order chi connectivity index (χ1) is 12.5. The first-order valence-corrected chi connectivity index (χ1v) is 9.35. The van der Waals surface area contributed by atoms with Crippen LogP contribution in [0.25, 0.3) is 16.6 Å². The van der Waals surface area contributed by atoms with E-state index >= 15 is 0 Å². The van der Waals surface area contributed by atoms with Crippen LogP contribution in [0.5, 0.6) is 0 Å². The molecule has 3 rings (SSSR count). The summed E-state index contributed by atoms with van der Waals surface area (Å²) in [5.74, 6) is -0.0690. The van der Waals surface area contributed by atoms with Gasteiger partial charge in [-0.15, -0.1) is 5.10 Å². The van der Waals surface area contributed by atoms with Crippen LogP contribution in [0.15, 0.2) is 24.3 Å². The molecule has 0 aliphatic heterocycles. The number of hydrogen-bond acceptors (Lipinski definition) is 4. The van der Waals surface area contributed by atoms with Crippen LogP contribution >= 0.6 is 0 Å². The highest BCUT2D eigenvalue weighted by Gasteiger charge is 2.16. The normalized spacial score (nSPS) is 11.2. The lowest BCUT2D eigenvalue weighted by atomic mass is 10.0. The molecule has 2 aromatic heterocycles. The van der Waals surface area contributed by atoms with Crippen LogP contribution < -0.4 is 0 Å². The number of carbonyl (C=O) groups is 1. The van der Waals surface area contributed by atoms with Gasteiger partial charge in [0.15, 0.2) is 11.5 Å². The van der Waals surface area contributed by atoms with E-state index < -0.39 is 0 Å². The number of aromatic nitrogens is 4. The first-order valence-electron chi connectivity index (χ1n) is 9.35. The second-order valence-corrected chi connectivity index (χ2v) is 6.94. The average molecular weight is 350 g/mol. The SMILES string of the molecule is CCCCCCc1ccc2nc(C)cc(-n3nnc(C(C)=O)c3C)c2c1. The molecule has 0 aliphatic carbocycles. The minimum absolute atomic E-state index is 0.0690. The Morgan fingerprint density at radius 1 is 1.12 bits per heavy atom. The maximum absolute atomic E-state index is 11.7. The summed E-state index contributed by atoms with van der Waals surface area (Å²) in [4.78, 5) is 16.4. The second kappa shape index (κ2) is 7.77. The van der Waals surface area contributed by atoms with Gasteiger partial charge in [0.05, 0.1) is 16.9 Å². The largest absolute Gasteiger partial charge is 0.293 e. The topological polar surface area (TPSA) is 60.7 Å². The van der Waals surface area contributed by atoms with E-state index in [1.165, 1.54) is 38.2 Å². The number of Topliss-reactive ketones (excluding diaryl/α,β-unsaturated/α-hetero) is 1.